The molecular formula is C16H18N2O3. The fraction of sp³-hybridized carbons (Fsp3) is 0.312. The standard InChI is InChI=1S/C16H18N2O3/c1-11-8-15(19)18(12(2)17-11)10-14-7-5-4-6-13(14)9-16(20)21-3/h4-8H,9-10H2,1-3H3. The van der Waals surface area contributed by atoms with Crippen molar-refractivity contribution >= 4 is 5.97 Å². The van der Waals surface area contributed by atoms with Gasteiger partial charge in [-0.05, 0) is 25.0 Å². The monoisotopic (exact) mass is 286 g/mol. The molecule has 1 aromatic heterocycles. The van der Waals surface area contributed by atoms with Crippen molar-refractivity contribution in [2.75, 3.05) is 7.11 Å². The van der Waals surface area contributed by atoms with Crippen LogP contribution < -0.4 is 5.56 Å². The first kappa shape index (κ1) is 15.0. The number of methoxy groups -OCH3 is 1. The van der Waals surface area contributed by atoms with Gasteiger partial charge < -0.3 is 4.74 Å². The molecule has 0 aliphatic heterocycles. The third-order valence-electron chi connectivity index (χ3n) is 3.34. The van der Waals surface area contributed by atoms with Gasteiger partial charge in [-0.3, -0.25) is 14.2 Å². The van der Waals surface area contributed by atoms with E-state index < -0.39 is 0 Å². The van der Waals surface area contributed by atoms with Crippen molar-refractivity contribution in [2.45, 2.75) is 26.8 Å². The molecule has 2 aromatic rings. The van der Waals surface area contributed by atoms with Crippen LogP contribution in [0.3, 0.4) is 0 Å². The largest absolute Gasteiger partial charge is 0.469 e. The van der Waals surface area contributed by atoms with E-state index in [2.05, 4.69) is 4.98 Å². The van der Waals surface area contributed by atoms with E-state index in [0.29, 0.717) is 18.1 Å². The van der Waals surface area contributed by atoms with E-state index in [1.807, 2.05) is 24.3 Å². The van der Waals surface area contributed by atoms with Gasteiger partial charge in [0.15, 0.2) is 0 Å². The lowest BCUT2D eigenvalue weighted by atomic mass is 10.0. The number of carbonyl (C=O) groups excluding carboxylic acids is 1. The Kier molecular flexibility index (Phi) is 4.52. The van der Waals surface area contributed by atoms with Gasteiger partial charge in [0.2, 0.25) is 0 Å². The maximum atomic E-state index is 12.1. The summed E-state index contributed by atoms with van der Waals surface area (Å²) in [4.78, 5) is 27.9. The van der Waals surface area contributed by atoms with E-state index in [-0.39, 0.29) is 17.9 Å². The molecule has 21 heavy (non-hydrogen) atoms. The molecule has 0 saturated carbocycles. The van der Waals surface area contributed by atoms with E-state index in [9.17, 15) is 9.59 Å². The molecule has 0 saturated heterocycles. The lowest BCUT2D eigenvalue weighted by Crippen LogP contribution is -2.24. The van der Waals surface area contributed by atoms with Gasteiger partial charge in [0.25, 0.3) is 5.56 Å². The predicted octanol–water partition coefficient (Wildman–Crippen LogP) is 1.62. The highest BCUT2D eigenvalue weighted by Crippen LogP contribution is 2.12. The summed E-state index contributed by atoms with van der Waals surface area (Å²) < 4.78 is 6.30. The van der Waals surface area contributed by atoms with Gasteiger partial charge >= 0.3 is 5.97 Å². The molecule has 0 atom stereocenters. The summed E-state index contributed by atoms with van der Waals surface area (Å²) in [6, 6.07) is 9.04. The van der Waals surface area contributed by atoms with Gasteiger partial charge in [-0.1, -0.05) is 24.3 Å². The maximum absolute atomic E-state index is 12.1. The molecule has 110 valence electrons. The van der Waals surface area contributed by atoms with Crippen LogP contribution in [-0.2, 0) is 22.5 Å². The van der Waals surface area contributed by atoms with Crippen molar-refractivity contribution < 1.29 is 9.53 Å². The van der Waals surface area contributed by atoms with Crippen molar-refractivity contribution in [1.29, 1.82) is 0 Å². The number of aromatic nitrogens is 2. The summed E-state index contributed by atoms with van der Waals surface area (Å²) >= 11 is 0. The van der Waals surface area contributed by atoms with Gasteiger partial charge in [-0.25, -0.2) is 4.98 Å². The maximum Gasteiger partial charge on any atom is 0.309 e. The SMILES string of the molecule is COC(=O)Cc1ccccc1Cn1c(C)nc(C)cc1=O. The van der Waals surface area contributed by atoms with Crippen LogP contribution in [0.15, 0.2) is 35.1 Å². The number of hydrogen-bond acceptors (Lipinski definition) is 4. The average molecular weight is 286 g/mol. The summed E-state index contributed by atoms with van der Waals surface area (Å²) in [6.07, 6.45) is 0.194. The summed E-state index contributed by atoms with van der Waals surface area (Å²) in [5.41, 5.74) is 2.39. The lowest BCUT2D eigenvalue weighted by Gasteiger charge is -2.13. The fourth-order valence-corrected chi connectivity index (χ4v) is 2.24. The summed E-state index contributed by atoms with van der Waals surface area (Å²) in [7, 11) is 1.36. The highest BCUT2D eigenvalue weighted by Gasteiger charge is 2.10. The van der Waals surface area contributed by atoms with Gasteiger partial charge in [0.05, 0.1) is 20.1 Å². The lowest BCUT2D eigenvalue weighted by molar-refractivity contribution is -0.139. The Morgan fingerprint density at radius 2 is 1.90 bits per heavy atom. The molecule has 0 spiro atoms. The molecule has 0 radical (unpaired) electrons. The topological polar surface area (TPSA) is 61.2 Å². The van der Waals surface area contributed by atoms with Crippen LogP contribution in [-0.4, -0.2) is 22.6 Å². The van der Waals surface area contributed by atoms with Gasteiger partial charge in [0.1, 0.15) is 5.82 Å². The zero-order chi connectivity index (χ0) is 15.4. The van der Waals surface area contributed by atoms with Crippen molar-refractivity contribution in [3.05, 3.63) is 63.3 Å². The number of esters is 1. The van der Waals surface area contributed by atoms with Crippen molar-refractivity contribution in [1.82, 2.24) is 9.55 Å². The van der Waals surface area contributed by atoms with Crippen LogP contribution in [0.2, 0.25) is 0 Å². The summed E-state index contributed by atoms with van der Waals surface area (Å²) in [5, 5.41) is 0. The Morgan fingerprint density at radius 3 is 2.52 bits per heavy atom. The van der Waals surface area contributed by atoms with Crippen LogP contribution in [0, 0.1) is 13.8 Å². The molecule has 1 aromatic carbocycles. The minimum atomic E-state index is -0.298. The first-order chi connectivity index (χ1) is 10.0. The molecule has 0 bridgehead atoms. The van der Waals surface area contributed by atoms with E-state index >= 15 is 0 Å². The first-order valence-corrected chi connectivity index (χ1v) is 6.70. The third-order valence-corrected chi connectivity index (χ3v) is 3.34. The second-order valence-corrected chi connectivity index (χ2v) is 4.89. The van der Waals surface area contributed by atoms with Gasteiger partial charge in [0, 0.05) is 11.8 Å². The molecule has 0 amide bonds. The van der Waals surface area contributed by atoms with E-state index in [0.717, 1.165) is 11.1 Å². The predicted molar refractivity (Wildman–Crippen MR) is 79.2 cm³/mol. The highest BCUT2D eigenvalue weighted by molar-refractivity contribution is 5.72. The Morgan fingerprint density at radius 1 is 1.24 bits per heavy atom. The molecule has 1 heterocycles. The van der Waals surface area contributed by atoms with Crippen LogP contribution in [0.25, 0.3) is 0 Å². The van der Waals surface area contributed by atoms with E-state index in [1.54, 1.807) is 18.4 Å². The summed E-state index contributed by atoms with van der Waals surface area (Å²) in [5.74, 6) is 0.362. The van der Waals surface area contributed by atoms with Crippen LogP contribution in [0.1, 0.15) is 22.6 Å². The smallest absolute Gasteiger partial charge is 0.309 e. The zero-order valence-electron chi connectivity index (χ0n) is 12.4. The molecule has 0 unspecified atom stereocenters. The van der Waals surface area contributed by atoms with Gasteiger partial charge in [-0.15, -0.1) is 0 Å². The van der Waals surface area contributed by atoms with Crippen molar-refractivity contribution in [2.24, 2.45) is 0 Å². The molecule has 2 rings (SSSR count). The van der Waals surface area contributed by atoms with E-state index in [1.165, 1.54) is 13.2 Å². The van der Waals surface area contributed by atoms with Crippen LogP contribution in [0.4, 0.5) is 0 Å². The average Bonchev–Trinajstić information content (AvgIpc) is 2.44. The Hall–Kier alpha value is -2.43. The molecule has 0 aliphatic carbocycles. The highest BCUT2D eigenvalue weighted by atomic mass is 16.5. The number of benzene rings is 1. The Labute approximate surface area is 123 Å². The summed E-state index contributed by atoms with van der Waals surface area (Å²) in [6.45, 7) is 3.99. The van der Waals surface area contributed by atoms with Crippen LogP contribution in [0.5, 0.6) is 0 Å². The number of nitrogens with zero attached hydrogens (tertiary/aromatic N) is 2. The first-order valence-electron chi connectivity index (χ1n) is 6.70. The third kappa shape index (κ3) is 3.56. The second kappa shape index (κ2) is 6.35. The Bertz CT molecular complexity index is 720. The molecule has 5 heteroatoms. The van der Waals surface area contributed by atoms with Crippen LogP contribution >= 0.6 is 0 Å². The second-order valence-electron chi connectivity index (χ2n) is 4.89. The fourth-order valence-electron chi connectivity index (χ4n) is 2.24. The molecule has 0 fully saturated rings. The molecule has 5 nitrogen and oxygen atoms in total. The normalized spacial score (nSPS) is 10.4. The number of hydrogen-bond donors (Lipinski definition) is 0. The number of aryl methyl sites for hydroxylation is 2. The molecule has 0 aliphatic rings. The number of rotatable bonds is 4. The van der Waals surface area contributed by atoms with Crippen molar-refractivity contribution in [3.8, 4) is 0 Å². The number of ether oxygens (including phenoxy) is 1. The zero-order valence-corrected chi connectivity index (χ0v) is 12.4. The molecular weight excluding hydrogens is 268 g/mol. The van der Waals surface area contributed by atoms with E-state index in [4.69, 9.17) is 4.74 Å². The Balaban J connectivity index is 2.36. The molecule has 0 N–H and O–H groups in total. The quantitative estimate of drug-likeness (QED) is 0.801. The minimum Gasteiger partial charge on any atom is -0.469 e. The minimum absolute atomic E-state index is 0.0899. The number of carbonyl (C=O) groups is 1. The van der Waals surface area contributed by atoms with Crippen molar-refractivity contribution in [3.63, 3.8) is 0 Å². The van der Waals surface area contributed by atoms with Gasteiger partial charge in [-0.2, -0.15) is 0 Å².